The van der Waals surface area contributed by atoms with Crippen molar-refractivity contribution in [3.63, 3.8) is 0 Å². The molecule has 1 saturated heterocycles. The highest BCUT2D eigenvalue weighted by molar-refractivity contribution is 7.11. The Morgan fingerprint density at radius 2 is 2.31 bits per heavy atom. The van der Waals surface area contributed by atoms with E-state index >= 15 is 0 Å². The predicted octanol–water partition coefficient (Wildman–Crippen LogP) is 1.60. The van der Waals surface area contributed by atoms with Crippen molar-refractivity contribution in [1.82, 2.24) is 0 Å². The summed E-state index contributed by atoms with van der Waals surface area (Å²) in [4.78, 5) is 0.870. The SMILES string of the molecule is O/N=C/c1sccc1C1OCCO1. The van der Waals surface area contributed by atoms with Crippen molar-refractivity contribution in [3.05, 3.63) is 21.9 Å². The Morgan fingerprint density at radius 3 is 3.00 bits per heavy atom. The van der Waals surface area contributed by atoms with E-state index in [1.807, 2.05) is 11.4 Å². The Labute approximate surface area is 79.4 Å². The lowest BCUT2D eigenvalue weighted by molar-refractivity contribution is -0.0438. The lowest BCUT2D eigenvalue weighted by Crippen LogP contribution is -1.98. The van der Waals surface area contributed by atoms with Crippen LogP contribution < -0.4 is 0 Å². The van der Waals surface area contributed by atoms with Gasteiger partial charge in [0.25, 0.3) is 0 Å². The van der Waals surface area contributed by atoms with Gasteiger partial charge in [-0.15, -0.1) is 11.3 Å². The van der Waals surface area contributed by atoms with Crippen molar-refractivity contribution in [2.45, 2.75) is 6.29 Å². The van der Waals surface area contributed by atoms with Gasteiger partial charge in [-0.05, 0) is 11.4 Å². The first-order chi connectivity index (χ1) is 6.42. The summed E-state index contributed by atoms with van der Waals surface area (Å²) >= 11 is 1.49. The maximum Gasteiger partial charge on any atom is 0.185 e. The molecule has 1 N–H and O–H groups in total. The van der Waals surface area contributed by atoms with Gasteiger partial charge in [-0.1, -0.05) is 5.16 Å². The highest BCUT2D eigenvalue weighted by Gasteiger charge is 2.21. The maximum absolute atomic E-state index is 8.40. The summed E-state index contributed by atoms with van der Waals surface area (Å²) in [6.45, 7) is 1.24. The minimum atomic E-state index is -0.292. The van der Waals surface area contributed by atoms with E-state index in [1.54, 1.807) is 0 Å². The molecule has 0 aliphatic carbocycles. The van der Waals surface area contributed by atoms with Crippen LogP contribution in [-0.2, 0) is 9.47 Å². The monoisotopic (exact) mass is 199 g/mol. The Balaban J connectivity index is 2.22. The van der Waals surface area contributed by atoms with Crippen LogP contribution in [-0.4, -0.2) is 24.6 Å². The molecule has 1 aromatic rings. The standard InChI is InChI=1S/C8H9NO3S/c10-9-5-7-6(1-4-13-7)8-11-2-3-12-8/h1,4-5,8,10H,2-3H2/b9-5+. The molecule has 0 bridgehead atoms. The molecule has 1 aromatic heterocycles. The zero-order valence-electron chi connectivity index (χ0n) is 6.84. The summed E-state index contributed by atoms with van der Waals surface area (Å²) < 4.78 is 10.7. The average molecular weight is 199 g/mol. The molecule has 13 heavy (non-hydrogen) atoms. The van der Waals surface area contributed by atoms with E-state index in [4.69, 9.17) is 14.7 Å². The molecule has 0 unspecified atom stereocenters. The lowest BCUT2D eigenvalue weighted by Gasteiger charge is -2.07. The predicted molar refractivity (Wildman–Crippen MR) is 48.3 cm³/mol. The third-order valence-electron chi connectivity index (χ3n) is 1.78. The quantitative estimate of drug-likeness (QED) is 0.447. The number of nitrogens with zero attached hydrogens (tertiary/aromatic N) is 1. The molecule has 1 aliphatic rings. The first-order valence-electron chi connectivity index (χ1n) is 3.90. The summed E-state index contributed by atoms with van der Waals surface area (Å²) in [6.07, 6.45) is 1.10. The fourth-order valence-electron chi connectivity index (χ4n) is 1.22. The van der Waals surface area contributed by atoms with Crippen LogP contribution in [0.3, 0.4) is 0 Å². The van der Waals surface area contributed by atoms with Crippen molar-refractivity contribution < 1.29 is 14.7 Å². The Bertz CT molecular complexity index is 304. The van der Waals surface area contributed by atoms with E-state index in [9.17, 15) is 0 Å². The van der Waals surface area contributed by atoms with E-state index in [-0.39, 0.29) is 6.29 Å². The molecule has 0 amide bonds. The Morgan fingerprint density at radius 1 is 1.54 bits per heavy atom. The zero-order chi connectivity index (χ0) is 9.10. The van der Waals surface area contributed by atoms with E-state index in [0.717, 1.165) is 10.4 Å². The highest BCUT2D eigenvalue weighted by Crippen LogP contribution is 2.28. The Kier molecular flexibility index (Phi) is 2.58. The van der Waals surface area contributed by atoms with Crippen molar-refractivity contribution >= 4 is 17.6 Å². The fourth-order valence-corrected chi connectivity index (χ4v) is 1.99. The van der Waals surface area contributed by atoms with Crippen LogP contribution in [0.2, 0.25) is 0 Å². The molecule has 2 heterocycles. The summed E-state index contributed by atoms with van der Waals surface area (Å²) in [6, 6.07) is 1.91. The van der Waals surface area contributed by atoms with Crippen molar-refractivity contribution in [2.75, 3.05) is 13.2 Å². The first-order valence-corrected chi connectivity index (χ1v) is 4.78. The molecule has 0 atom stereocenters. The van der Waals surface area contributed by atoms with Crippen LogP contribution in [0.1, 0.15) is 16.7 Å². The van der Waals surface area contributed by atoms with Gasteiger partial charge in [0.05, 0.1) is 24.3 Å². The van der Waals surface area contributed by atoms with Crippen LogP contribution in [0.15, 0.2) is 16.6 Å². The highest BCUT2D eigenvalue weighted by atomic mass is 32.1. The molecular weight excluding hydrogens is 190 g/mol. The Hall–Kier alpha value is -0.910. The second-order valence-electron chi connectivity index (χ2n) is 2.56. The first kappa shape index (κ1) is 8.68. The zero-order valence-corrected chi connectivity index (χ0v) is 7.66. The number of ether oxygens (including phenoxy) is 2. The van der Waals surface area contributed by atoms with Gasteiger partial charge in [-0.25, -0.2) is 0 Å². The summed E-state index contributed by atoms with van der Waals surface area (Å²) in [7, 11) is 0. The second kappa shape index (κ2) is 3.87. The topological polar surface area (TPSA) is 51.1 Å². The molecule has 1 fully saturated rings. The van der Waals surface area contributed by atoms with E-state index < -0.39 is 0 Å². The smallest absolute Gasteiger partial charge is 0.185 e. The molecule has 4 nitrogen and oxygen atoms in total. The average Bonchev–Trinajstić information content (AvgIpc) is 2.71. The molecule has 2 rings (SSSR count). The van der Waals surface area contributed by atoms with Crippen LogP contribution in [0.4, 0.5) is 0 Å². The number of rotatable bonds is 2. The van der Waals surface area contributed by atoms with Gasteiger partial charge in [0, 0.05) is 5.56 Å². The molecule has 70 valence electrons. The maximum atomic E-state index is 8.40. The number of hydrogen-bond acceptors (Lipinski definition) is 5. The molecule has 1 aliphatic heterocycles. The van der Waals surface area contributed by atoms with Crippen molar-refractivity contribution in [3.8, 4) is 0 Å². The van der Waals surface area contributed by atoms with Gasteiger partial charge < -0.3 is 14.7 Å². The number of hydrogen-bond donors (Lipinski definition) is 1. The van der Waals surface area contributed by atoms with Crippen molar-refractivity contribution in [1.29, 1.82) is 0 Å². The minimum absolute atomic E-state index is 0.292. The van der Waals surface area contributed by atoms with Gasteiger partial charge in [-0.2, -0.15) is 0 Å². The second-order valence-corrected chi connectivity index (χ2v) is 3.51. The normalized spacial score (nSPS) is 18.8. The van der Waals surface area contributed by atoms with Crippen molar-refractivity contribution in [2.24, 2.45) is 5.16 Å². The molecule has 0 spiro atoms. The summed E-state index contributed by atoms with van der Waals surface area (Å²) in [5, 5.41) is 13.3. The van der Waals surface area contributed by atoms with Gasteiger partial charge >= 0.3 is 0 Å². The van der Waals surface area contributed by atoms with Gasteiger partial charge in [0.2, 0.25) is 0 Å². The van der Waals surface area contributed by atoms with Crippen LogP contribution >= 0.6 is 11.3 Å². The van der Waals surface area contributed by atoms with Gasteiger partial charge in [-0.3, -0.25) is 0 Å². The van der Waals surface area contributed by atoms with Crippen LogP contribution in [0.5, 0.6) is 0 Å². The molecule has 0 radical (unpaired) electrons. The number of oxime groups is 1. The summed E-state index contributed by atoms with van der Waals surface area (Å²) in [5.74, 6) is 0. The van der Waals surface area contributed by atoms with E-state index in [2.05, 4.69) is 5.16 Å². The summed E-state index contributed by atoms with van der Waals surface area (Å²) in [5.41, 5.74) is 0.931. The lowest BCUT2D eigenvalue weighted by atomic mass is 10.2. The van der Waals surface area contributed by atoms with Crippen LogP contribution in [0.25, 0.3) is 0 Å². The van der Waals surface area contributed by atoms with E-state index in [1.165, 1.54) is 17.6 Å². The largest absolute Gasteiger partial charge is 0.411 e. The minimum Gasteiger partial charge on any atom is -0.411 e. The third-order valence-corrected chi connectivity index (χ3v) is 2.65. The van der Waals surface area contributed by atoms with E-state index in [0.29, 0.717) is 13.2 Å². The molecular formula is C8H9NO3S. The van der Waals surface area contributed by atoms with Gasteiger partial charge in [0.1, 0.15) is 0 Å². The van der Waals surface area contributed by atoms with Crippen LogP contribution in [0, 0.1) is 0 Å². The molecule has 0 saturated carbocycles. The molecule has 5 heteroatoms. The molecule has 0 aromatic carbocycles. The fraction of sp³-hybridized carbons (Fsp3) is 0.375. The number of thiophene rings is 1. The third kappa shape index (κ3) is 1.72. The van der Waals surface area contributed by atoms with Gasteiger partial charge in [0.15, 0.2) is 6.29 Å².